The summed E-state index contributed by atoms with van der Waals surface area (Å²) in [5, 5.41) is 0. The first-order valence-electron chi connectivity index (χ1n) is 6.13. The average molecular weight is 271 g/mol. The molecule has 2 N–H and O–H groups in total. The van der Waals surface area contributed by atoms with E-state index in [2.05, 4.69) is 4.74 Å². The minimum Gasteiger partial charge on any atom is -0.469 e. The minimum absolute atomic E-state index is 0.0637. The standard InChI is InChI=1S/C14H19F2NO2/c1-8(5-14(18)19-3)4-13(17)10-7-11(15)9(2)6-12(10)16/h6-8,13H,4-5,17H2,1-3H3. The van der Waals surface area contributed by atoms with E-state index in [-0.39, 0.29) is 29.4 Å². The van der Waals surface area contributed by atoms with Crippen molar-refractivity contribution in [2.24, 2.45) is 11.7 Å². The largest absolute Gasteiger partial charge is 0.469 e. The Morgan fingerprint density at radius 1 is 1.37 bits per heavy atom. The van der Waals surface area contributed by atoms with Gasteiger partial charge in [-0.05, 0) is 37.0 Å². The molecular weight excluding hydrogens is 252 g/mol. The average Bonchev–Trinajstić information content (AvgIpc) is 2.33. The zero-order valence-corrected chi connectivity index (χ0v) is 11.4. The van der Waals surface area contributed by atoms with Gasteiger partial charge in [-0.1, -0.05) is 6.92 Å². The third kappa shape index (κ3) is 4.28. The Kier molecular flexibility index (Phi) is 5.42. The van der Waals surface area contributed by atoms with Gasteiger partial charge >= 0.3 is 5.97 Å². The summed E-state index contributed by atoms with van der Waals surface area (Å²) < 4.78 is 31.7. The van der Waals surface area contributed by atoms with Crippen molar-refractivity contribution in [1.29, 1.82) is 0 Å². The van der Waals surface area contributed by atoms with Crippen molar-refractivity contribution >= 4 is 5.97 Å². The molecule has 0 aliphatic rings. The van der Waals surface area contributed by atoms with Crippen LogP contribution in [0.5, 0.6) is 0 Å². The van der Waals surface area contributed by atoms with Crippen LogP contribution in [0.2, 0.25) is 0 Å². The van der Waals surface area contributed by atoms with Gasteiger partial charge in [-0.25, -0.2) is 8.78 Å². The van der Waals surface area contributed by atoms with Crippen molar-refractivity contribution < 1.29 is 18.3 Å². The number of ether oxygens (including phenoxy) is 1. The van der Waals surface area contributed by atoms with Crippen LogP contribution in [0, 0.1) is 24.5 Å². The lowest BCUT2D eigenvalue weighted by Crippen LogP contribution is -2.18. The molecule has 2 unspecified atom stereocenters. The highest BCUT2D eigenvalue weighted by Crippen LogP contribution is 2.25. The van der Waals surface area contributed by atoms with Gasteiger partial charge in [0, 0.05) is 18.0 Å². The van der Waals surface area contributed by atoms with Crippen LogP contribution in [0.25, 0.3) is 0 Å². The van der Waals surface area contributed by atoms with Gasteiger partial charge in [0.1, 0.15) is 11.6 Å². The van der Waals surface area contributed by atoms with Crippen LogP contribution in [0.15, 0.2) is 12.1 Å². The van der Waals surface area contributed by atoms with E-state index in [1.54, 1.807) is 0 Å². The predicted molar refractivity (Wildman–Crippen MR) is 68.4 cm³/mol. The second kappa shape index (κ2) is 6.61. The lowest BCUT2D eigenvalue weighted by molar-refractivity contribution is -0.141. The van der Waals surface area contributed by atoms with E-state index < -0.39 is 17.7 Å². The Balaban J connectivity index is 2.75. The molecule has 0 aliphatic carbocycles. The molecule has 0 spiro atoms. The highest BCUT2D eigenvalue weighted by atomic mass is 19.1. The quantitative estimate of drug-likeness (QED) is 0.838. The van der Waals surface area contributed by atoms with E-state index in [0.29, 0.717) is 6.42 Å². The molecule has 0 fully saturated rings. The Labute approximate surface area is 111 Å². The summed E-state index contributed by atoms with van der Waals surface area (Å²) in [6, 6.07) is 1.62. The third-order valence-electron chi connectivity index (χ3n) is 3.08. The van der Waals surface area contributed by atoms with Crippen molar-refractivity contribution in [2.45, 2.75) is 32.7 Å². The van der Waals surface area contributed by atoms with E-state index in [0.717, 1.165) is 12.1 Å². The minimum atomic E-state index is -0.644. The van der Waals surface area contributed by atoms with Gasteiger partial charge in [-0.3, -0.25) is 4.79 Å². The molecule has 0 bridgehead atoms. The van der Waals surface area contributed by atoms with Crippen molar-refractivity contribution in [3.8, 4) is 0 Å². The molecule has 2 atom stereocenters. The second-order valence-electron chi connectivity index (χ2n) is 4.85. The van der Waals surface area contributed by atoms with Crippen LogP contribution in [-0.2, 0) is 9.53 Å². The van der Waals surface area contributed by atoms with Crippen LogP contribution in [0.1, 0.15) is 36.9 Å². The maximum absolute atomic E-state index is 13.7. The molecule has 0 heterocycles. The van der Waals surface area contributed by atoms with Crippen LogP contribution < -0.4 is 5.73 Å². The molecule has 0 aromatic heterocycles. The Morgan fingerprint density at radius 2 is 2.00 bits per heavy atom. The maximum atomic E-state index is 13.7. The molecule has 1 aromatic carbocycles. The van der Waals surface area contributed by atoms with Crippen LogP contribution in [0.4, 0.5) is 8.78 Å². The number of hydrogen-bond donors (Lipinski definition) is 1. The van der Waals surface area contributed by atoms with Gasteiger partial charge in [-0.15, -0.1) is 0 Å². The van der Waals surface area contributed by atoms with Crippen LogP contribution >= 0.6 is 0 Å². The number of carbonyl (C=O) groups excluding carboxylic acids is 1. The van der Waals surface area contributed by atoms with Crippen molar-refractivity contribution in [2.75, 3.05) is 7.11 Å². The first-order chi connectivity index (χ1) is 8.85. The summed E-state index contributed by atoms with van der Waals surface area (Å²) in [6.45, 7) is 3.31. The highest BCUT2D eigenvalue weighted by Gasteiger charge is 2.18. The van der Waals surface area contributed by atoms with Crippen molar-refractivity contribution in [3.05, 3.63) is 34.9 Å². The summed E-state index contributed by atoms with van der Waals surface area (Å²) in [7, 11) is 1.31. The lowest BCUT2D eigenvalue weighted by Gasteiger charge is -2.18. The number of aryl methyl sites for hydroxylation is 1. The van der Waals surface area contributed by atoms with Gasteiger partial charge in [-0.2, -0.15) is 0 Å². The number of esters is 1. The Morgan fingerprint density at radius 3 is 2.58 bits per heavy atom. The van der Waals surface area contributed by atoms with Crippen LogP contribution in [-0.4, -0.2) is 13.1 Å². The second-order valence-corrected chi connectivity index (χ2v) is 4.85. The van der Waals surface area contributed by atoms with Crippen LogP contribution in [0.3, 0.4) is 0 Å². The predicted octanol–water partition coefficient (Wildman–Crippen LogP) is 2.86. The van der Waals surface area contributed by atoms with E-state index in [1.807, 2.05) is 6.92 Å². The fraction of sp³-hybridized carbons (Fsp3) is 0.500. The molecule has 5 heteroatoms. The third-order valence-corrected chi connectivity index (χ3v) is 3.08. The first-order valence-corrected chi connectivity index (χ1v) is 6.13. The fourth-order valence-electron chi connectivity index (χ4n) is 1.96. The topological polar surface area (TPSA) is 52.3 Å². The molecule has 106 valence electrons. The molecule has 3 nitrogen and oxygen atoms in total. The molecule has 0 amide bonds. The lowest BCUT2D eigenvalue weighted by atomic mass is 9.93. The highest BCUT2D eigenvalue weighted by molar-refractivity contribution is 5.69. The summed E-state index contributed by atoms with van der Waals surface area (Å²) >= 11 is 0. The molecular formula is C14H19F2NO2. The van der Waals surface area contributed by atoms with Gasteiger partial charge in [0.05, 0.1) is 7.11 Å². The molecule has 0 saturated heterocycles. The summed E-state index contributed by atoms with van der Waals surface area (Å²) in [6.07, 6.45) is 0.592. The number of rotatable bonds is 5. The van der Waals surface area contributed by atoms with E-state index in [1.165, 1.54) is 14.0 Å². The van der Waals surface area contributed by atoms with Gasteiger partial charge in [0.15, 0.2) is 0 Å². The van der Waals surface area contributed by atoms with E-state index in [9.17, 15) is 13.6 Å². The number of carbonyl (C=O) groups is 1. The van der Waals surface area contributed by atoms with E-state index in [4.69, 9.17) is 5.73 Å². The molecule has 0 radical (unpaired) electrons. The van der Waals surface area contributed by atoms with E-state index >= 15 is 0 Å². The molecule has 1 aromatic rings. The summed E-state index contributed by atoms with van der Waals surface area (Å²) in [5.41, 5.74) is 6.26. The van der Waals surface area contributed by atoms with Gasteiger partial charge < -0.3 is 10.5 Å². The van der Waals surface area contributed by atoms with Crippen molar-refractivity contribution in [3.63, 3.8) is 0 Å². The first kappa shape index (κ1) is 15.6. The molecule has 19 heavy (non-hydrogen) atoms. The van der Waals surface area contributed by atoms with Gasteiger partial charge in [0.2, 0.25) is 0 Å². The molecule has 0 aliphatic heterocycles. The normalized spacial score (nSPS) is 14.0. The zero-order chi connectivity index (χ0) is 14.6. The Bertz CT molecular complexity index is 463. The smallest absolute Gasteiger partial charge is 0.305 e. The summed E-state index contributed by atoms with van der Waals surface area (Å²) in [5.74, 6) is -1.40. The zero-order valence-electron chi connectivity index (χ0n) is 11.4. The summed E-state index contributed by atoms with van der Waals surface area (Å²) in [4.78, 5) is 11.1. The monoisotopic (exact) mass is 271 g/mol. The number of hydrogen-bond acceptors (Lipinski definition) is 3. The molecule has 1 rings (SSSR count). The molecule has 0 saturated carbocycles. The fourth-order valence-corrected chi connectivity index (χ4v) is 1.96. The Hall–Kier alpha value is -1.49. The SMILES string of the molecule is COC(=O)CC(C)CC(N)c1cc(F)c(C)cc1F. The number of methoxy groups -OCH3 is 1. The number of nitrogens with two attached hydrogens (primary N) is 1. The van der Waals surface area contributed by atoms with Crippen molar-refractivity contribution in [1.82, 2.24) is 0 Å². The van der Waals surface area contributed by atoms with Gasteiger partial charge in [0.25, 0.3) is 0 Å². The number of halogens is 2. The number of benzene rings is 1. The maximum Gasteiger partial charge on any atom is 0.305 e.